The Bertz CT molecular complexity index is 1680. The number of aryl methyl sites for hydroxylation is 1. The second-order valence-corrected chi connectivity index (χ2v) is 9.53. The molecule has 1 aliphatic heterocycles. The third-order valence-electron chi connectivity index (χ3n) is 6.95. The standard InChI is InChI=1S/C29H26FN7O2/c1-16(2)28(38)35-19-10-11-21(22(30)13-19)25-23(24-26(32)33-15-34-27(24)36(25)3)17-6-8-18(9-7-17)29(39)37-12-4-5-20(37)14-31/h6-11,13,15,20H,1,4-5,12H2,2-3H3,(H,35,38)(H2,32,33,34). The van der Waals surface area contributed by atoms with Crippen molar-refractivity contribution in [3.05, 3.63) is 72.3 Å². The van der Waals surface area contributed by atoms with Crippen molar-refractivity contribution < 1.29 is 14.0 Å². The average Bonchev–Trinajstić information content (AvgIpc) is 3.52. The lowest BCUT2D eigenvalue weighted by Gasteiger charge is -2.19. The predicted octanol–water partition coefficient (Wildman–Crippen LogP) is 4.67. The van der Waals surface area contributed by atoms with Crippen LogP contribution < -0.4 is 11.1 Å². The Morgan fingerprint density at radius 1 is 1.21 bits per heavy atom. The molecule has 9 nitrogen and oxygen atoms in total. The van der Waals surface area contributed by atoms with Crippen molar-refractivity contribution in [2.45, 2.75) is 25.8 Å². The van der Waals surface area contributed by atoms with Crippen LogP contribution in [0.15, 0.2) is 60.9 Å². The number of nitrogens with two attached hydrogens (primary N) is 1. The Morgan fingerprint density at radius 3 is 2.62 bits per heavy atom. The van der Waals surface area contributed by atoms with Crippen LogP contribution in [0.1, 0.15) is 30.1 Å². The van der Waals surface area contributed by atoms with Gasteiger partial charge in [0.2, 0.25) is 0 Å². The minimum atomic E-state index is -0.559. The molecule has 1 saturated heterocycles. The summed E-state index contributed by atoms with van der Waals surface area (Å²) in [6.45, 7) is 5.72. The molecule has 1 unspecified atom stereocenters. The molecule has 1 fully saturated rings. The monoisotopic (exact) mass is 523 g/mol. The molecule has 3 heterocycles. The van der Waals surface area contributed by atoms with E-state index in [0.29, 0.717) is 57.6 Å². The number of anilines is 2. The van der Waals surface area contributed by atoms with E-state index < -0.39 is 17.8 Å². The molecule has 1 aliphatic rings. The molecule has 2 amide bonds. The summed E-state index contributed by atoms with van der Waals surface area (Å²) in [6, 6.07) is 13.1. The van der Waals surface area contributed by atoms with Gasteiger partial charge < -0.3 is 20.5 Å². The maximum atomic E-state index is 15.6. The summed E-state index contributed by atoms with van der Waals surface area (Å²) in [5.41, 5.74) is 9.93. The number of nitrogen functional groups attached to an aromatic ring is 1. The van der Waals surface area contributed by atoms with E-state index in [1.165, 1.54) is 12.4 Å². The minimum absolute atomic E-state index is 0.204. The first-order chi connectivity index (χ1) is 18.7. The number of nitriles is 1. The summed E-state index contributed by atoms with van der Waals surface area (Å²) in [5.74, 6) is -0.932. The summed E-state index contributed by atoms with van der Waals surface area (Å²) >= 11 is 0. The van der Waals surface area contributed by atoms with Crippen LogP contribution in [0.25, 0.3) is 33.4 Å². The van der Waals surface area contributed by atoms with E-state index in [2.05, 4.69) is 27.9 Å². The average molecular weight is 524 g/mol. The van der Waals surface area contributed by atoms with E-state index in [9.17, 15) is 14.9 Å². The fourth-order valence-electron chi connectivity index (χ4n) is 4.98. The number of benzene rings is 2. The zero-order chi connectivity index (χ0) is 27.8. The van der Waals surface area contributed by atoms with Crippen LogP contribution in [0.3, 0.4) is 0 Å². The second kappa shape index (κ2) is 10.0. The quantitative estimate of drug-likeness (QED) is 0.366. The normalized spacial score (nSPS) is 14.8. The fourth-order valence-corrected chi connectivity index (χ4v) is 4.98. The van der Waals surface area contributed by atoms with E-state index in [1.807, 2.05) is 0 Å². The topological polar surface area (TPSA) is 130 Å². The Labute approximate surface area is 224 Å². The number of fused-ring (bicyclic) bond motifs is 1. The van der Waals surface area contributed by atoms with Crippen molar-refractivity contribution in [3.63, 3.8) is 0 Å². The van der Waals surface area contributed by atoms with Crippen LogP contribution in [0.2, 0.25) is 0 Å². The smallest absolute Gasteiger partial charge is 0.254 e. The summed E-state index contributed by atoms with van der Waals surface area (Å²) in [6.07, 6.45) is 2.81. The van der Waals surface area contributed by atoms with Crippen molar-refractivity contribution in [2.24, 2.45) is 7.05 Å². The number of carbonyl (C=O) groups excluding carboxylic acids is 2. The predicted molar refractivity (Wildman–Crippen MR) is 147 cm³/mol. The molecule has 0 bridgehead atoms. The molecule has 1 atom stereocenters. The summed E-state index contributed by atoms with van der Waals surface area (Å²) in [7, 11) is 1.76. The van der Waals surface area contributed by atoms with E-state index in [0.717, 1.165) is 6.42 Å². The highest BCUT2D eigenvalue weighted by atomic mass is 19.1. The van der Waals surface area contributed by atoms with E-state index >= 15 is 4.39 Å². The van der Waals surface area contributed by atoms with Crippen LogP contribution in [0, 0.1) is 17.1 Å². The van der Waals surface area contributed by atoms with Crippen LogP contribution in [-0.4, -0.2) is 43.8 Å². The van der Waals surface area contributed by atoms with Crippen molar-refractivity contribution >= 4 is 34.4 Å². The lowest BCUT2D eigenvalue weighted by molar-refractivity contribution is -0.112. The number of likely N-dealkylation sites (tertiary alicyclic amines) is 1. The number of hydrogen-bond acceptors (Lipinski definition) is 6. The van der Waals surface area contributed by atoms with E-state index in [1.54, 1.807) is 59.8 Å². The Balaban J connectivity index is 1.61. The molecule has 0 saturated carbocycles. The largest absolute Gasteiger partial charge is 0.383 e. The molecule has 5 rings (SSSR count). The molecule has 2 aromatic heterocycles. The molecular formula is C29H26FN7O2. The molecule has 0 spiro atoms. The number of halogens is 1. The third kappa shape index (κ3) is 4.48. The first kappa shape index (κ1) is 25.6. The zero-order valence-corrected chi connectivity index (χ0v) is 21.5. The molecule has 196 valence electrons. The lowest BCUT2D eigenvalue weighted by atomic mass is 9.97. The number of nitrogens with one attached hydrogen (secondary N) is 1. The van der Waals surface area contributed by atoms with Gasteiger partial charge >= 0.3 is 0 Å². The highest BCUT2D eigenvalue weighted by Gasteiger charge is 2.29. The number of carbonyl (C=O) groups is 2. The summed E-state index contributed by atoms with van der Waals surface area (Å²) in [5, 5.41) is 12.5. The van der Waals surface area contributed by atoms with Gasteiger partial charge in [-0.15, -0.1) is 0 Å². The number of nitrogens with zero attached hydrogens (tertiary/aromatic N) is 5. The second-order valence-electron chi connectivity index (χ2n) is 9.53. The molecule has 4 aromatic rings. The van der Waals surface area contributed by atoms with Gasteiger partial charge in [-0.25, -0.2) is 14.4 Å². The maximum Gasteiger partial charge on any atom is 0.254 e. The van der Waals surface area contributed by atoms with E-state index in [-0.39, 0.29) is 17.3 Å². The van der Waals surface area contributed by atoms with Crippen LogP contribution in [0.5, 0.6) is 0 Å². The van der Waals surface area contributed by atoms with Gasteiger partial charge in [-0.1, -0.05) is 18.7 Å². The number of rotatable bonds is 5. The van der Waals surface area contributed by atoms with E-state index in [4.69, 9.17) is 5.73 Å². The van der Waals surface area contributed by atoms with Crippen LogP contribution in [0.4, 0.5) is 15.9 Å². The van der Waals surface area contributed by atoms with Crippen LogP contribution >= 0.6 is 0 Å². The molecular weight excluding hydrogens is 497 g/mol. The summed E-state index contributed by atoms with van der Waals surface area (Å²) in [4.78, 5) is 35.2. The lowest BCUT2D eigenvalue weighted by Crippen LogP contribution is -2.34. The first-order valence-electron chi connectivity index (χ1n) is 12.4. The third-order valence-corrected chi connectivity index (χ3v) is 6.95. The van der Waals surface area contributed by atoms with Crippen LogP contribution in [-0.2, 0) is 11.8 Å². The zero-order valence-electron chi connectivity index (χ0n) is 21.5. The molecule has 10 heteroatoms. The van der Waals surface area contributed by atoms with Gasteiger partial charge in [0.25, 0.3) is 11.8 Å². The highest BCUT2D eigenvalue weighted by molar-refractivity contribution is 6.08. The summed E-state index contributed by atoms with van der Waals surface area (Å²) < 4.78 is 17.3. The van der Waals surface area contributed by atoms with Crippen molar-refractivity contribution in [1.82, 2.24) is 19.4 Å². The Hall–Kier alpha value is -5.04. The van der Waals surface area contributed by atoms with Gasteiger partial charge in [0.15, 0.2) is 0 Å². The van der Waals surface area contributed by atoms with Gasteiger partial charge in [-0.2, -0.15) is 5.26 Å². The highest BCUT2D eigenvalue weighted by Crippen LogP contribution is 2.42. The maximum absolute atomic E-state index is 15.6. The van der Waals surface area contributed by atoms with Gasteiger partial charge in [-0.05, 0) is 55.7 Å². The molecule has 3 N–H and O–H groups in total. The molecule has 0 radical (unpaired) electrons. The van der Waals surface area contributed by atoms with Gasteiger partial charge in [0.1, 0.15) is 29.7 Å². The van der Waals surface area contributed by atoms with Gasteiger partial charge in [0.05, 0.1) is 17.1 Å². The molecule has 39 heavy (non-hydrogen) atoms. The van der Waals surface area contributed by atoms with Crippen molar-refractivity contribution in [2.75, 3.05) is 17.6 Å². The Kier molecular flexibility index (Phi) is 6.58. The molecule has 2 aromatic carbocycles. The molecule has 0 aliphatic carbocycles. The number of hydrogen-bond donors (Lipinski definition) is 2. The minimum Gasteiger partial charge on any atom is -0.383 e. The van der Waals surface area contributed by atoms with Gasteiger partial charge in [-0.3, -0.25) is 9.59 Å². The Morgan fingerprint density at radius 2 is 1.95 bits per heavy atom. The SMILES string of the molecule is C=C(C)C(=O)Nc1ccc(-c2c(-c3ccc(C(=O)N4CCCC4C#N)cc3)c3c(N)ncnc3n2C)c(F)c1. The van der Waals surface area contributed by atoms with Crippen molar-refractivity contribution in [1.29, 1.82) is 5.26 Å². The number of amides is 2. The van der Waals surface area contributed by atoms with Crippen molar-refractivity contribution in [3.8, 4) is 28.5 Å². The first-order valence-corrected chi connectivity index (χ1v) is 12.4. The van der Waals surface area contributed by atoms with Gasteiger partial charge in [0, 0.05) is 41.5 Å². The fraction of sp³-hybridized carbons (Fsp3) is 0.207. The number of aromatic nitrogens is 3.